The van der Waals surface area contributed by atoms with Crippen molar-refractivity contribution < 1.29 is 14.4 Å². The van der Waals surface area contributed by atoms with Gasteiger partial charge in [0.25, 0.3) is 5.69 Å². The average Bonchev–Trinajstić information content (AvgIpc) is 3.33. The number of methoxy groups -OCH3 is 1. The molecule has 5 rings (SSSR count). The van der Waals surface area contributed by atoms with Crippen LogP contribution >= 0.6 is 0 Å². The number of benzene rings is 3. The number of nitro benzene ring substituents is 1. The summed E-state index contributed by atoms with van der Waals surface area (Å²) >= 11 is 0. The zero-order chi connectivity index (χ0) is 22.1. The predicted molar refractivity (Wildman–Crippen MR) is 123 cm³/mol. The minimum atomic E-state index is -0.401. The molecule has 0 saturated heterocycles. The molecule has 0 fully saturated rings. The second kappa shape index (κ2) is 8.38. The maximum atomic E-state index is 10.8. The molecule has 0 aromatic heterocycles. The van der Waals surface area contributed by atoms with Crippen molar-refractivity contribution in [1.82, 2.24) is 0 Å². The maximum absolute atomic E-state index is 10.8. The summed E-state index contributed by atoms with van der Waals surface area (Å²) in [6, 6.07) is 21.1. The summed E-state index contributed by atoms with van der Waals surface area (Å²) in [5.41, 5.74) is 4.65. The Morgan fingerprint density at radius 3 is 2.50 bits per heavy atom. The normalized spacial score (nSPS) is 20.7. The summed E-state index contributed by atoms with van der Waals surface area (Å²) in [7, 11) is 1.70. The van der Waals surface area contributed by atoms with Crippen LogP contribution in [0.3, 0.4) is 0 Å². The summed E-state index contributed by atoms with van der Waals surface area (Å²) in [5, 5.41) is 14.5. The van der Waals surface area contributed by atoms with Crippen LogP contribution in [0.2, 0.25) is 0 Å². The van der Waals surface area contributed by atoms with Gasteiger partial charge < -0.3 is 14.8 Å². The SMILES string of the molecule is COc1ccc2c(c1)[C@@H]1C=CC[C@@H]1[C@H](c1ccc(OCc3ccc([N+](=O)[O-])cc3)cc1)N2. The number of non-ortho nitro benzene ring substituents is 1. The average molecular weight is 428 g/mol. The molecule has 6 nitrogen and oxygen atoms in total. The van der Waals surface area contributed by atoms with E-state index in [0.29, 0.717) is 18.4 Å². The minimum absolute atomic E-state index is 0.0813. The standard InChI is InChI=1S/C26H24N2O4/c1-31-21-13-14-25-24(15-21)22-3-2-4-23(22)26(27-25)18-7-11-20(12-8-18)32-16-17-5-9-19(10-6-17)28(29)30/h2-3,5-15,22-23,26-27H,4,16H2,1H3/t22-,23+,26+/m1/s1. The van der Waals surface area contributed by atoms with E-state index in [0.717, 1.165) is 29.2 Å². The third-order valence-electron chi connectivity index (χ3n) is 6.36. The summed E-state index contributed by atoms with van der Waals surface area (Å²) in [5.74, 6) is 2.50. The zero-order valence-corrected chi connectivity index (χ0v) is 17.7. The molecule has 0 bridgehead atoms. The van der Waals surface area contributed by atoms with E-state index in [1.165, 1.54) is 23.3 Å². The number of rotatable bonds is 6. The van der Waals surface area contributed by atoms with Gasteiger partial charge in [-0.25, -0.2) is 0 Å². The maximum Gasteiger partial charge on any atom is 0.269 e. The van der Waals surface area contributed by atoms with Crippen molar-refractivity contribution in [3.63, 3.8) is 0 Å². The van der Waals surface area contributed by atoms with Gasteiger partial charge in [-0.1, -0.05) is 24.3 Å². The molecule has 3 aromatic carbocycles. The largest absolute Gasteiger partial charge is 0.497 e. The number of nitro groups is 1. The van der Waals surface area contributed by atoms with Gasteiger partial charge in [-0.2, -0.15) is 0 Å². The fraction of sp³-hybridized carbons (Fsp3) is 0.231. The lowest BCUT2D eigenvalue weighted by Gasteiger charge is -2.37. The van der Waals surface area contributed by atoms with Gasteiger partial charge in [-0.05, 0) is 71.5 Å². The molecule has 1 N–H and O–H groups in total. The monoisotopic (exact) mass is 428 g/mol. The van der Waals surface area contributed by atoms with Gasteiger partial charge in [0.1, 0.15) is 18.1 Å². The Hall–Kier alpha value is -3.80. The molecule has 0 spiro atoms. The molecule has 0 amide bonds. The van der Waals surface area contributed by atoms with Crippen LogP contribution in [-0.2, 0) is 6.61 Å². The van der Waals surface area contributed by atoms with Gasteiger partial charge in [-0.3, -0.25) is 10.1 Å². The molecule has 0 radical (unpaired) electrons. The van der Waals surface area contributed by atoms with E-state index in [2.05, 4.69) is 41.7 Å². The van der Waals surface area contributed by atoms with E-state index in [1.54, 1.807) is 19.2 Å². The topological polar surface area (TPSA) is 73.6 Å². The molecule has 0 unspecified atom stereocenters. The van der Waals surface area contributed by atoms with Crippen molar-refractivity contribution in [2.45, 2.75) is 25.0 Å². The number of ether oxygens (including phenoxy) is 2. The molecule has 2 aliphatic rings. The molecule has 3 aromatic rings. The summed E-state index contributed by atoms with van der Waals surface area (Å²) in [6.07, 6.45) is 5.64. The molecule has 3 atom stereocenters. The van der Waals surface area contributed by atoms with Crippen LogP contribution in [0, 0.1) is 16.0 Å². The van der Waals surface area contributed by atoms with Crippen LogP contribution in [0.4, 0.5) is 11.4 Å². The first-order valence-electron chi connectivity index (χ1n) is 10.7. The van der Waals surface area contributed by atoms with Crippen LogP contribution in [0.1, 0.15) is 35.1 Å². The highest BCUT2D eigenvalue weighted by Crippen LogP contribution is 2.50. The van der Waals surface area contributed by atoms with Gasteiger partial charge in [0, 0.05) is 23.7 Å². The van der Waals surface area contributed by atoms with Gasteiger partial charge in [0.05, 0.1) is 18.1 Å². The second-order valence-electron chi connectivity index (χ2n) is 8.21. The Labute approximate surface area is 186 Å². The van der Waals surface area contributed by atoms with Crippen molar-refractivity contribution in [3.05, 3.63) is 106 Å². The number of nitrogens with one attached hydrogen (secondary N) is 1. The molecule has 1 aliphatic carbocycles. The quantitative estimate of drug-likeness (QED) is 0.296. The van der Waals surface area contributed by atoms with Crippen LogP contribution in [0.25, 0.3) is 0 Å². The minimum Gasteiger partial charge on any atom is -0.497 e. The number of anilines is 1. The Bertz CT molecular complexity index is 1160. The summed E-state index contributed by atoms with van der Waals surface area (Å²) in [4.78, 5) is 10.4. The van der Waals surface area contributed by atoms with Crippen molar-refractivity contribution in [2.75, 3.05) is 12.4 Å². The Kier molecular flexibility index (Phi) is 5.27. The molecular weight excluding hydrogens is 404 g/mol. The summed E-state index contributed by atoms with van der Waals surface area (Å²) < 4.78 is 11.3. The van der Waals surface area contributed by atoms with Crippen LogP contribution in [0.5, 0.6) is 11.5 Å². The van der Waals surface area contributed by atoms with Gasteiger partial charge in [-0.15, -0.1) is 0 Å². The van der Waals surface area contributed by atoms with Crippen molar-refractivity contribution in [1.29, 1.82) is 0 Å². The summed E-state index contributed by atoms with van der Waals surface area (Å²) in [6.45, 7) is 0.364. The zero-order valence-electron chi connectivity index (χ0n) is 17.7. The number of allylic oxidation sites excluding steroid dienone is 2. The number of fused-ring (bicyclic) bond motifs is 3. The van der Waals surface area contributed by atoms with Gasteiger partial charge >= 0.3 is 0 Å². The van der Waals surface area contributed by atoms with Crippen molar-refractivity contribution in [2.24, 2.45) is 5.92 Å². The highest BCUT2D eigenvalue weighted by molar-refractivity contribution is 5.61. The molecule has 32 heavy (non-hydrogen) atoms. The van der Waals surface area contributed by atoms with Gasteiger partial charge in [0.15, 0.2) is 0 Å². The second-order valence-corrected chi connectivity index (χ2v) is 8.21. The number of nitrogens with zero attached hydrogens (tertiary/aromatic N) is 1. The fourth-order valence-electron chi connectivity index (χ4n) is 4.68. The highest BCUT2D eigenvalue weighted by atomic mass is 16.6. The molecule has 1 heterocycles. The molecule has 1 aliphatic heterocycles. The predicted octanol–water partition coefficient (Wildman–Crippen LogP) is 6.01. The first-order chi connectivity index (χ1) is 15.6. The first-order valence-corrected chi connectivity index (χ1v) is 10.7. The fourth-order valence-corrected chi connectivity index (χ4v) is 4.68. The Morgan fingerprint density at radius 1 is 1.03 bits per heavy atom. The number of hydrogen-bond acceptors (Lipinski definition) is 5. The van der Waals surface area contributed by atoms with E-state index < -0.39 is 4.92 Å². The molecule has 0 saturated carbocycles. The molecule has 6 heteroatoms. The van der Waals surface area contributed by atoms with E-state index >= 15 is 0 Å². The Morgan fingerprint density at radius 2 is 1.78 bits per heavy atom. The third kappa shape index (κ3) is 3.80. The van der Waals surface area contributed by atoms with E-state index in [4.69, 9.17) is 9.47 Å². The molecule has 162 valence electrons. The van der Waals surface area contributed by atoms with Crippen LogP contribution < -0.4 is 14.8 Å². The molecular formula is C26H24N2O4. The smallest absolute Gasteiger partial charge is 0.269 e. The lowest BCUT2D eigenvalue weighted by Crippen LogP contribution is -2.29. The third-order valence-corrected chi connectivity index (χ3v) is 6.36. The first kappa shape index (κ1) is 20.1. The van der Waals surface area contributed by atoms with E-state index in [9.17, 15) is 10.1 Å². The lowest BCUT2D eigenvalue weighted by atomic mass is 9.77. The van der Waals surface area contributed by atoms with E-state index in [-0.39, 0.29) is 11.7 Å². The van der Waals surface area contributed by atoms with Crippen LogP contribution in [0.15, 0.2) is 78.9 Å². The highest BCUT2D eigenvalue weighted by Gasteiger charge is 2.38. The lowest BCUT2D eigenvalue weighted by molar-refractivity contribution is -0.384. The van der Waals surface area contributed by atoms with E-state index in [1.807, 2.05) is 18.2 Å². The number of hydrogen-bond donors (Lipinski definition) is 1. The van der Waals surface area contributed by atoms with Crippen LogP contribution in [-0.4, -0.2) is 12.0 Å². The Balaban J connectivity index is 1.30. The van der Waals surface area contributed by atoms with Gasteiger partial charge in [0.2, 0.25) is 0 Å². The van der Waals surface area contributed by atoms with Crippen molar-refractivity contribution in [3.8, 4) is 11.5 Å². The van der Waals surface area contributed by atoms with Crippen molar-refractivity contribution >= 4 is 11.4 Å².